The second-order valence-corrected chi connectivity index (χ2v) is 6.17. The predicted octanol–water partition coefficient (Wildman–Crippen LogP) is 2.50. The topological polar surface area (TPSA) is 36.4 Å². The Morgan fingerprint density at radius 1 is 1.47 bits per heavy atom. The molecule has 1 N–H and O–H groups in total. The highest BCUT2D eigenvalue weighted by Gasteiger charge is 2.24. The summed E-state index contributed by atoms with van der Waals surface area (Å²) in [7, 11) is 0. The molecule has 0 radical (unpaired) electrons. The Morgan fingerprint density at radius 2 is 2.29 bits per heavy atom. The molecule has 2 rings (SSSR count). The molecule has 1 fully saturated rings. The molecule has 0 aliphatic carbocycles. The first-order chi connectivity index (χ1) is 8.20. The average Bonchev–Trinajstić information content (AvgIpc) is 2.85. The van der Waals surface area contributed by atoms with Crippen LogP contribution in [0.15, 0.2) is 0 Å². The zero-order chi connectivity index (χ0) is 12.3. The van der Waals surface area contributed by atoms with Crippen LogP contribution in [0.25, 0.3) is 0 Å². The van der Waals surface area contributed by atoms with Crippen molar-refractivity contribution in [1.82, 2.24) is 9.88 Å². The molecule has 96 valence electrons. The number of aromatic nitrogens is 1. The van der Waals surface area contributed by atoms with E-state index in [-0.39, 0.29) is 0 Å². The van der Waals surface area contributed by atoms with E-state index in [1.165, 1.54) is 35.0 Å². The molecule has 1 aliphatic heterocycles. The maximum atomic E-state index is 8.91. The molecule has 0 aromatic carbocycles. The van der Waals surface area contributed by atoms with Gasteiger partial charge in [-0.2, -0.15) is 0 Å². The molecule has 1 aromatic rings. The molecule has 17 heavy (non-hydrogen) atoms. The maximum absolute atomic E-state index is 8.91. The van der Waals surface area contributed by atoms with Gasteiger partial charge in [0.15, 0.2) is 0 Å². The SMILES string of the molecule is Cc1nc(CN2CCCC2CCCO)sc1C. The van der Waals surface area contributed by atoms with Gasteiger partial charge in [-0.15, -0.1) is 11.3 Å². The lowest BCUT2D eigenvalue weighted by molar-refractivity contribution is 0.210. The van der Waals surface area contributed by atoms with Gasteiger partial charge in [0.1, 0.15) is 5.01 Å². The van der Waals surface area contributed by atoms with Gasteiger partial charge in [-0.25, -0.2) is 4.98 Å². The lowest BCUT2D eigenvalue weighted by Crippen LogP contribution is -2.29. The zero-order valence-corrected chi connectivity index (χ0v) is 11.6. The molecular weight excluding hydrogens is 232 g/mol. The predicted molar refractivity (Wildman–Crippen MR) is 71.3 cm³/mol. The van der Waals surface area contributed by atoms with Crippen LogP contribution in [0, 0.1) is 13.8 Å². The number of rotatable bonds is 5. The number of nitrogens with zero attached hydrogens (tertiary/aromatic N) is 2. The molecule has 3 nitrogen and oxygen atoms in total. The summed E-state index contributed by atoms with van der Waals surface area (Å²) in [6.07, 6.45) is 4.62. The van der Waals surface area contributed by atoms with E-state index in [0.717, 1.165) is 19.4 Å². The van der Waals surface area contributed by atoms with Crippen molar-refractivity contribution in [1.29, 1.82) is 0 Å². The average molecular weight is 254 g/mol. The Labute approximate surface area is 107 Å². The van der Waals surface area contributed by atoms with Gasteiger partial charge in [-0.1, -0.05) is 0 Å². The van der Waals surface area contributed by atoms with E-state index in [4.69, 9.17) is 5.11 Å². The smallest absolute Gasteiger partial charge is 0.107 e. The minimum Gasteiger partial charge on any atom is -0.396 e. The molecule has 4 heteroatoms. The van der Waals surface area contributed by atoms with Crippen molar-refractivity contribution in [2.45, 2.75) is 52.1 Å². The summed E-state index contributed by atoms with van der Waals surface area (Å²) in [6.45, 7) is 6.73. The minimum atomic E-state index is 0.319. The monoisotopic (exact) mass is 254 g/mol. The Kier molecular flexibility index (Phi) is 4.54. The van der Waals surface area contributed by atoms with E-state index in [1.54, 1.807) is 0 Å². The van der Waals surface area contributed by atoms with Crippen LogP contribution < -0.4 is 0 Å². The molecule has 2 heterocycles. The highest BCUT2D eigenvalue weighted by atomic mass is 32.1. The first-order valence-electron chi connectivity index (χ1n) is 6.48. The minimum absolute atomic E-state index is 0.319. The van der Waals surface area contributed by atoms with E-state index in [0.29, 0.717) is 12.6 Å². The first-order valence-corrected chi connectivity index (χ1v) is 7.30. The first kappa shape index (κ1) is 13.0. The molecule has 0 saturated carbocycles. The van der Waals surface area contributed by atoms with Crippen molar-refractivity contribution >= 4 is 11.3 Å². The normalized spacial score (nSPS) is 21.2. The van der Waals surface area contributed by atoms with Crippen molar-refractivity contribution in [3.63, 3.8) is 0 Å². The summed E-state index contributed by atoms with van der Waals surface area (Å²) in [5, 5.41) is 10.2. The van der Waals surface area contributed by atoms with E-state index >= 15 is 0 Å². The maximum Gasteiger partial charge on any atom is 0.107 e. The molecule has 0 spiro atoms. The second-order valence-electron chi connectivity index (χ2n) is 4.88. The summed E-state index contributed by atoms with van der Waals surface area (Å²) >= 11 is 1.82. The van der Waals surface area contributed by atoms with Crippen LogP contribution in [0.3, 0.4) is 0 Å². The van der Waals surface area contributed by atoms with Crippen LogP contribution in [0.4, 0.5) is 0 Å². The third-order valence-corrected chi connectivity index (χ3v) is 4.66. The van der Waals surface area contributed by atoms with Crippen LogP contribution in [0.1, 0.15) is 41.3 Å². The van der Waals surface area contributed by atoms with E-state index < -0.39 is 0 Å². The van der Waals surface area contributed by atoms with Crippen LogP contribution in [0.5, 0.6) is 0 Å². The summed E-state index contributed by atoms with van der Waals surface area (Å²) < 4.78 is 0. The second kappa shape index (κ2) is 5.94. The summed E-state index contributed by atoms with van der Waals surface area (Å²) in [5.74, 6) is 0. The van der Waals surface area contributed by atoms with Gasteiger partial charge in [-0.05, 0) is 46.1 Å². The van der Waals surface area contributed by atoms with Crippen LogP contribution in [0.2, 0.25) is 0 Å². The highest BCUT2D eigenvalue weighted by molar-refractivity contribution is 7.11. The Balaban J connectivity index is 1.93. The van der Waals surface area contributed by atoms with Crippen LogP contribution in [-0.2, 0) is 6.54 Å². The molecule has 1 aliphatic rings. The number of likely N-dealkylation sites (tertiary alicyclic amines) is 1. The number of hydrogen-bond acceptors (Lipinski definition) is 4. The van der Waals surface area contributed by atoms with Gasteiger partial charge in [0.25, 0.3) is 0 Å². The van der Waals surface area contributed by atoms with Crippen molar-refractivity contribution in [3.05, 3.63) is 15.6 Å². The third kappa shape index (κ3) is 3.27. The molecule has 0 amide bonds. The molecule has 1 unspecified atom stereocenters. The summed E-state index contributed by atoms with van der Waals surface area (Å²) in [5.41, 5.74) is 1.18. The van der Waals surface area contributed by atoms with Crippen LogP contribution >= 0.6 is 11.3 Å². The van der Waals surface area contributed by atoms with Gasteiger partial charge in [0.05, 0.1) is 12.2 Å². The molecule has 1 saturated heterocycles. The van der Waals surface area contributed by atoms with Gasteiger partial charge < -0.3 is 5.11 Å². The largest absolute Gasteiger partial charge is 0.396 e. The van der Waals surface area contributed by atoms with Crippen molar-refractivity contribution in [3.8, 4) is 0 Å². The molecule has 1 atom stereocenters. The van der Waals surface area contributed by atoms with Crippen molar-refractivity contribution in [2.75, 3.05) is 13.2 Å². The fraction of sp³-hybridized carbons (Fsp3) is 0.769. The van der Waals surface area contributed by atoms with E-state index in [9.17, 15) is 0 Å². The number of aryl methyl sites for hydroxylation is 2. The number of aliphatic hydroxyl groups excluding tert-OH is 1. The molecular formula is C13H22N2OS. The fourth-order valence-electron chi connectivity index (χ4n) is 2.54. The number of hydrogen-bond donors (Lipinski definition) is 1. The highest BCUT2D eigenvalue weighted by Crippen LogP contribution is 2.25. The fourth-order valence-corrected chi connectivity index (χ4v) is 3.50. The Bertz CT molecular complexity index is 345. The van der Waals surface area contributed by atoms with E-state index in [2.05, 4.69) is 23.7 Å². The Hall–Kier alpha value is -0.450. The summed E-state index contributed by atoms with van der Waals surface area (Å²) in [4.78, 5) is 8.49. The zero-order valence-electron chi connectivity index (χ0n) is 10.8. The molecule has 0 bridgehead atoms. The van der Waals surface area contributed by atoms with Gasteiger partial charge in [0.2, 0.25) is 0 Å². The van der Waals surface area contributed by atoms with Crippen LogP contribution in [-0.4, -0.2) is 34.2 Å². The Morgan fingerprint density at radius 3 is 2.94 bits per heavy atom. The summed E-state index contributed by atoms with van der Waals surface area (Å²) in [6, 6.07) is 0.659. The number of thiazole rings is 1. The van der Waals surface area contributed by atoms with Crippen molar-refractivity contribution in [2.24, 2.45) is 0 Å². The van der Waals surface area contributed by atoms with Gasteiger partial charge in [0, 0.05) is 17.5 Å². The third-order valence-electron chi connectivity index (χ3n) is 3.61. The van der Waals surface area contributed by atoms with E-state index in [1.807, 2.05) is 11.3 Å². The quantitative estimate of drug-likeness (QED) is 0.877. The van der Waals surface area contributed by atoms with Gasteiger partial charge in [-0.3, -0.25) is 4.90 Å². The standard InChI is InChI=1S/C13H22N2OS/c1-10-11(2)17-13(14-10)9-15-7-3-5-12(15)6-4-8-16/h12,16H,3-9H2,1-2H3. The van der Waals surface area contributed by atoms with Crippen molar-refractivity contribution < 1.29 is 5.11 Å². The molecule has 1 aromatic heterocycles. The van der Waals surface area contributed by atoms with Gasteiger partial charge >= 0.3 is 0 Å². The lowest BCUT2D eigenvalue weighted by Gasteiger charge is -2.23. The number of aliphatic hydroxyl groups is 1. The lowest BCUT2D eigenvalue weighted by atomic mass is 10.1.